The van der Waals surface area contributed by atoms with Crippen molar-refractivity contribution in [2.75, 3.05) is 0 Å². The third-order valence-electron chi connectivity index (χ3n) is 22.3. The fourth-order valence-electron chi connectivity index (χ4n) is 16.2. The molecule has 0 aromatic heterocycles. The molecule has 0 N–H and O–H groups in total. The van der Waals surface area contributed by atoms with Crippen molar-refractivity contribution in [2.24, 2.45) is 0 Å². The summed E-state index contributed by atoms with van der Waals surface area (Å²) in [6.45, 7) is 40.5. The van der Waals surface area contributed by atoms with E-state index in [4.69, 9.17) is 41.9 Å². The zero-order chi connectivity index (χ0) is 86.5. The van der Waals surface area contributed by atoms with Crippen LogP contribution in [0.15, 0.2) is 351 Å². The molecule has 0 heterocycles. The van der Waals surface area contributed by atoms with Gasteiger partial charge in [0.05, 0.1) is 0 Å². The van der Waals surface area contributed by atoms with Crippen molar-refractivity contribution < 1.29 is 84.0 Å². The molecule has 18 rings (SSSR count). The summed E-state index contributed by atoms with van der Waals surface area (Å²) in [7, 11) is 0. The molecule has 9 nitrogen and oxygen atoms in total. The Morgan fingerprint density at radius 1 is 0.179 bits per heavy atom. The predicted molar refractivity (Wildman–Crippen MR) is 477 cm³/mol. The number of allylic oxidation sites excluding steroid dienone is 6. The van der Waals surface area contributed by atoms with Crippen molar-refractivity contribution in [3.63, 3.8) is 0 Å². The first-order valence-corrected chi connectivity index (χ1v) is 39.8. The molecule has 12 aromatic carbocycles. The average Bonchev–Trinajstić information content (AvgIpc) is 1.79. The summed E-state index contributed by atoms with van der Waals surface area (Å²) in [5, 5.41) is 0. The summed E-state index contributed by atoms with van der Waals surface area (Å²) >= 11 is 0. The van der Waals surface area contributed by atoms with E-state index in [0.717, 1.165) is 23.7 Å². The van der Waals surface area contributed by atoms with Gasteiger partial charge in [0.25, 0.3) is 0 Å². The van der Waals surface area contributed by atoms with E-state index in [-0.39, 0.29) is 49.6 Å². The van der Waals surface area contributed by atoms with Gasteiger partial charge in [0.15, 0.2) is 0 Å². The summed E-state index contributed by atoms with van der Waals surface area (Å²) in [6.07, 6.45) is 34.2. The van der Waals surface area contributed by atoms with Crippen molar-refractivity contribution in [1.29, 1.82) is 0 Å². The van der Waals surface area contributed by atoms with Crippen LogP contribution in [-0.4, -0.2) is 0 Å². The van der Waals surface area contributed by atoms with Crippen molar-refractivity contribution in [2.45, 2.75) is 126 Å². The predicted octanol–water partition coefficient (Wildman–Crippen LogP) is 29.0. The fourth-order valence-corrected chi connectivity index (χ4v) is 16.2. The normalized spacial score (nSPS) is 13.0. The maximum atomic E-state index is 7.50. The van der Waals surface area contributed by atoms with E-state index in [2.05, 4.69) is 375 Å². The van der Waals surface area contributed by atoms with E-state index >= 15 is 0 Å². The zero-order valence-corrected chi connectivity index (χ0v) is 74.8. The minimum Gasteiger partial charge on any atom is -0.358 e. The molecule has 0 saturated heterocycles. The first-order valence-electron chi connectivity index (χ1n) is 39.8. The van der Waals surface area contributed by atoms with E-state index in [1.54, 1.807) is 0 Å². The molecule has 0 bridgehead atoms. The molecule has 123 heavy (non-hydrogen) atoms. The second-order valence-corrected chi connectivity index (χ2v) is 28.8. The molecule has 0 spiro atoms. The molecule has 0 radical (unpaired) electrons. The molecule has 6 aliphatic carbocycles. The Kier molecular flexibility index (Phi) is 52.7. The van der Waals surface area contributed by atoms with Gasteiger partial charge in [-0.05, 0) is 245 Å². The standard InChI is InChI=1S/2C28H30.2C23H16.9CO.CH3.2W/c2*1-2-6-21(5-1)23-9-13-25(14-10-23)27-17-19-28(20-18-27)26-15-11-24(12-16-26)22-7-3-4-8-22;2*1-2-6-18(7-3-1)20-10-14-22(15-11-20)23-16-12-21(13-17-23)19-8-4-5-9-19;9*1-2;;;/h2*9-22H,1-8H2;2*1-4,6-17H;;;;;;;;;;1H3;;/q;;;;;;;;;;;;;-1;;. The van der Waals surface area contributed by atoms with Gasteiger partial charge in [-0.2, -0.15) is 0 Å². The number of rotatable bonds is 14. The fraction of sp³-hybridized carbons (Fsp3) is 0.179. The molecule has 0 atom stereocenters. The summed E-state index contributed by atoms with van der Waals surface area (Å²) in [5.41, 5.74) is 37.7. The maximum Gasteiger partial charge on any atom is 0 e. The third kappa shape index (κ3) is 31.6. The van der Waals surface area contributed by atoms with Crippen LogP contribution in [0.2, 0.25) is 0 Å². The molecular weight excluding hydrogens is 1860 g/mol. The molecule has 4 saturated carbocycles. The Morgan fingerprint density at radius 2 is 0.309 bits per heavy atom. The van der Waals surface area contributed by atoms with Crippen LogP contribution >= 0.6 is 0 Å². The second-order valence-electron chi connectivity index (χ2n) is 28.8. The molecule has 0 unspecified atom stereocenters. The Bertz CT molecular complexity index is 4840. The SMILES string of the molecule is C1=CC=C(c2ccc(-c3ccc(-c4ccccc4)cc3)cc2)C=1.C1=CC=C(c2ccc(-c3ccc(-c4ccccc4)cc3)cc2)C=1.[C-]#[O+].[C-]#[O+].[C-]#[O+].[C-]#[O+].[C-]#[O+].[C-]#[O+].[C-]#[O+].[C-]#[O+].[C-]#[O+].[CH3-].[W].[W].c1cc(-c2ccc(C3CCCC3)cc2)ccc1-c1ccc(C2CCCC2)cc1.c1cc(-c2ccc(C3CCCC3)cc2)ccc1-c1ccc(C2CCCC2)cc1. The van der Waals surface area contributed by atoms with Crippen molar-refractivity contribution in [3.05, 3.63) is 452 Å². The molecule has 12 aromatic rings. The van der Waals surface area contributed by atoms with Crippen LogP contribution in [0.4, 0.5) is 0 Å². The summed E-state index contributed by atoms with van der Waals surface area (Å²) < 4.78 is 67.5. The van der Waals surface area contributed by atoms with Gasteiger partial charge in [-0.3, -0.25) is 0 Å². The Balaban J connectivity index is 0.000000396. The summed E-state index contributed by atoms with van der Waals surface area (Å²) in [5.74, 6) is 3.18. The summed E-state index contributed by atoms with van der Waals surface area (Å²) in [6, 6.07) is 111. The van der Waals surface area contributed by atoms with Crippen LogP contribution in [0.25, 0.3) is 100 Å². The van der Waals surface area contributed by atoms with Gasteiger partial charge < -0.3 is 7.43 Å². The number of hydrogen-bond donors (Lipinski definition) is 0. The quantitative estimate of drug-likeness (QED) is 0.0572. The van der Waals surface area contributed by atoms with Gasteiger partial charge in [0, 0.05) is 42.1 Å². The van der Waals surface area contributed by atoms with Crippen LogP contribution in [0.5, 0.6) is 0 Å². The van der Waals surface area contributed by atoms with Gasteiger partial charge in [0.1, 0.15) is 0 Å². The van der Waals surface area contributed by atoms with Crippen LogP contribution in [0.3, 0.4) is 0 Å². The Hall–Kier alpha value is -11.8. The molecular formula is C112H95O9W2-. The topological polar surface area (TPSA) is 179 Å². The Morgan fingerprint density at radius 3 is 0.447 bits per heavy atom. The minimum absolute atomic E-state index is 0. The molecule has 11 heteroatoms. The monoisotopic (exact) mass is 1950 g/mol. The summed E-state index contributed by atoms with van der Waals surface area (Å²) in [4.78, 5) is 0. The van der Waals surface area contributed by atoms with E-state index < -0.39 is 0 Å². The van der Waals surface area contributed by atoms with Gasteiger partial charge in [-0.15, -0.1) is 11.5 Å². The van der Waals surface area contributed by atoms with E-state index in [9.17, 15) is 0 Å². The van der Waals surface area contributed by atoms with Crippen molar-refractivity contribution in [1.82, 2.24) is 0 Å². The first kappa shape index (κ1) is 105. The molecule has 4 fully saturated rings. The van der Waals surface area contributed by atoms with Gasteiger partial charge in [-0.1, -0.05) is 355 Å². The van der Waals surface area contributed by atoms with Crippen LogP contribution < -0.4 is 0 Å². The first-order chi connectivity index (χ1) is 59.5. The van der Waals surface area contributed by atoms with Crippen molar-refractivity contribution >= 4 is 11.1 Å². The Labute approximate surface area is 756 Å². The number of benzene rings is 12. The molecule has 0 aliphatic heterocycles. The van der Waals surface area contributed by atoms with E-state index in [1.807, 2.05) is 36.4 Å². The average molecular weight is 1950 g/mol. The largest absolute Gasteiger partial charge is 0.358 e. The molecule has 610 valence electrons. The second kappa shape index (κ2) is 61.5. The van der Waals surface area contributed by atoms with Crippen molar-refractivity contribution in [3.8, 4) is 89.0 Å². The van der Waals surface area contributed by atoms with E-state index in [1.165, 1.54) is 236 Å². The third-order valence-corrected chi connectivity index (χ3v) is 22.3. The molecule has 0 amide bonds. The van der Waals surface area contributed by atoms with Crippen LogP contribution in [-0.2, 0) is 84.0 Å². The van der Waals surface area contributed by atoms with Gasteiger partial charge >= 0.3 is 102 Å². The van der Waals surface area contributed by atoms with E-state index in [0.29, 0.717) is 0 Å². The van der Waals surface area contributed by atoms with Crippen LogP contribution in [0.1, 0.15) is 160 Å². The zero-order valence-electron chi connectivity index (χ0n) is 68.9. The van der Waals surface area contributed by atoms with Crippen LogP contribution in [0, 0.1) is 67.3 Å². The van der Waals surface area contributed by atoms with Gasteiger partial charge in [0.2, 0.25) is 0 Å². The smallest absolute Gasteiger partial charge is 0 e. The minimum atomic E-state index is 0. The maximum absolute atomic E-state index is 7.50. The van der Waals surface area contributed by atoms with Gasteiger partial charge in [-0.25, -0.2) is 0 Å². The molecule has 6 aliphatic rings. The number of hydrogen-bond acceptors (Lipinski definition) is 0.